The zero-order chi connectivity index (χ0) is 15.0. The predicted molar refractivity (Wildman–Crippen MR) is 76.3 cm³/mol. The summed E-state index contributed by atoms with van der Waals surface area (Å²) in [5.41, 5.74) is 0. The van der Waals surface area contributed by atoms with Gasteiger partial charge in [0.15, 0.2) is 0 Å². The van der Waals surface area contributed by atoms with Crippen LogP contribution in [0, 0.1) is 5.92 Å². The number of alkyl halides is 2. The first kappa shape index (κ1) is 15.2. The second kappa shape index (κ2) is 5.80. The number of piperidine rings is 2. The van der Waals surface area contributed by atoms with Gasteiger partial charge in [-0.3, -0.25) is 9.69 Å². The Morgan fingerprint density at radius 3 is 2.33 bits per heavy atom. The van der Waals surface area contributed by atoms with Gasteiger partial charge in [-0.2, -0.15) is 0 Å². The molecule has 1 amide bonds. The molecule has 0 aromatic rings. The highest BCUT2D eigenvalue weighted by Gasteiger charge is 2.47. The summed E-state index contributed by atoms with van der Waals surface area (Å²) >= 11 is 0. The van der Waals surface area contributed by atoms with E-state index in [-0.39, 0.29) is 24.4 Å². The topological polar surface area (TPSA) is 35.6 Å². The summed E-state index contributed by atoms with van der Waals surface area (Å²) in [5.74, 6) is -2.99. The lowest BCUT2D eigenvalue weighted by molar-refractivity contribution is -0.134. The Balaban J connectivity index is 1.54. The van der Waals surface area contributed by atoms with Crippen LogP contribution in [-0.2, 0) is 4.79 Å². The Labute approximate surface area is 124 Å². The van der Waals surface area contributed by atoms with Crippen LogP contribution in [0.3, 0.4) is 0 Å². The maximum Gasteiger partial charge on any atom is 0.280 e. The molecule has 3 aliphatic rings. The van der Waals surface area contributed by atoms with Crippen molar-refractivity contribution in [1.82, 2.24) is 15.1 Å². The fourth-order valence-corrected chi connectivity index (χ4v) is 3.45. The van der Waals surface area contributed by atoms with Crippen molar-refractivity contribution in [1.29, 1.82) is 0 Å². The highest BCUT2D eigenvalue weighted by Crippen LogP contribution is 2.33. The number of halogens is 2. The molecule has 6 heteroatoms. The number of hydrogen-bond donors (Lipinski definition) is 1. The van der Waals surface area contributed by atoms with Gasteiger partial charge in [0.25, 0.3) is 5.92 Å². The molecular weight excluding hydrogens is 276 g/mol. The Morgan fingerprint density at radius 2 is 1.76 bits per heavy atom. The molecule has 1 aliphatic carbocycles. The number of rotatable bonds is 3. The van der Waals surface area contributed by atoms with Gasteiger partial charge in [-0.1, -0.05) is 0 Å². The van der Waals surface area contributed by atoms with Crippen molar-refractivity contribution in [2.75, 3.05) is 33.2 Å². The number of amides is 1. The second-order valence-corrected chi connectivity index (χ2v) is 6.89. The van der Waals surface area contributed by atoms with E-state index < -0.39 is 12.0 Å². The first-order chi connectivity index (χ1) is 9.95. The van der Waals surface area contributed by atoms with Crippen molar-refractivity contribution in [3.05, 3.63) is 0 Å². The molecule has 3 rings (SSSR count). The molecule has 2 aliphatic heterocycles. The van der Waals surface area contributed by atoms with Crippen molar-refractivity contribution < 1.29 is 13.6 Å². The normalized spacial score (nSPS) is 32.0. The minimum atomic E-state index is -2.81. The van der Waals surface area contributed by atoms with Gasteiger partial charge in [0, 0.05) is 18.5 Å². The van der Waals surface area contributed by atoms with Gasteiger partial charge in [-0.05, 0) is 52.2 Å². The molecule has 0 radical (unpaired) electrons. The van der Waals surface area contributed by atoms with Crippen molar-refractivity contribution in [2.24, 2.45) is 5.92 Å². The van der Waals surface area contributed by atoms with Crippen LogP contribution in [0.25, 0.3) is 0 Å². The number of likely N-dealkylation sites (tertiary alicyclic amines) is 2. The SMILES string of the molecule is CN1CCC(N2CCC(NC(=O)C3CC3)C(F)(F)C2)CC1. The van der Waals surface area contributed by atoms with Gasteiger partial charge in [0.2, 0.25) is 5.91 Å². The van der Waals surface area contributed by atoms with Gasteiger partial charge in [-0.25, -0.2) is 8.78 Å². The molecule has 2 saturated heterocycles. The molecule has 4 nitrogen and oxygen atoms in total. The van der Waals surface area contributed by atoms with E-state index >= 15 is 0 Å². The van der Waals surface area contributed by atoms with Crippen molar-refractivity contribution in [3.8, 4) is 0 Å². The molecule has 0 aromatic heterocycles. The highest BCUT2D eigenvalue weighted by molar-refractivity contribution is 5.81. The van der Waals surface area contributed by atoms with Crippen LogP contribution >= 0.6 is 0 Å². The number of nitrogens with one attached hydrogen (secondary N) is 1. The zero-order valence-corrected chi connectivity index (χ0v) is 12.7. The Hall–Kier alpha value is -0.750. The molecule has 1 atom stereocenters. The average molecular weight is 301 g/mol. The molecule has 21 heavy (non-hydrogen) atoms. The molecule has 1 N–H and O–H groups in total. The average Bonchev–Trinajstić information content (AvgIpc) is 3.26. The van der Waals surface area contributed by atoms with Gasteiger partial charge in [0.1, 0.15) is 0 Å². The zero-order valence-electron chi connectivity index (χ0n) is 12.7. The smallest absolute Gasteiger partial charge is 0.280 e. The fourth-order valence-electron chi connectivity index (χ4n) is 3.45. The molecule has 0 bridgehead atoms. The number of carbonyl (C=O) groups is 1. The first-order valence-electron chi connectivity index (χ1n) is 8.06. The molecule has 120 valence electrons. The molecule has 1 saturated carbocycles. The van der Waals surface area contributed by atoms with Crippen LogP contribution < -0.4 is 5.32 Å². The maximum atomic E-state index is 14.3. The third-order valence-electron chi connectivity index (χ3n) is 5.10. The van der Waals surface area contributed by atoms with E-state index in [9.17, 15) is 13.6 Å². The summed E-state index contributed by atoms with van der Waals surface area (Å²) in [6, 6.07) is -0.708. The second-order valence-electron chi connectivity index (χ2n) is 6.89. The molecule has 0 aromatic carbocycles. The summed E-state index contributed by atoms with van der Waals surface area (Å²) in [4.78, 5) is 15.9. The van der Waals surface area contributed by atoms with Crippen LogP contribution in [0.4, 0.5) is 8.78 Å². The number of nitrogens with zero attached hydrogens (tertiary/aromatic N) is 2. The van der Waals surface area contributed by atoms with E-state index in [0.717, 1.165) is 38.8 Å². The quantitative estimate of drug-likeness (QED) is 0.854. The largest absolute Gasteiger partial charge is 0.347 e. The van der Waals surface area contributed by atoms with Crippen LogP contribution in [0.2, 0.25) is 0 Å². The minimum absolute atomic E-state index is 0.00675. The Kier molecular flexibility index (Phi) is 4.19. The van der Waals surface area contributed by atoms with E-state index in [4.69, 9.17) is 0 Å². The monoisotopic (exact) mass is 301 g/mol. The van der Waals surface area contributed by atoms with Gasteiger partial charge >= 0.3 is 0 Å². The van der Waals surface area contributed by atoms with Crippen molar-refractivity contribution >= 4 is 5.91 Å². The van der Waals surface area contributed by atoms with E-state index in [2.05, 4.69) is 17.3 Å². The Morgan fingerprint density at radius 1 is 1.10 bits per heavy atom. The summed E-state index contributed by atoms with van der Waals surface area (Å²) in [7, 11) is 2.07. The van der Waals surface area contributed by atoms with E-state index in [0.29, 0.717) is 13.0 Å². The predicted octanol–water partition coefficient (Wildman–Crippen LogP) is 1.32. The van der Waals surface area contributed by atoms with Crippen molar-refractivity contribution in [2.45, 2.75) is 50.1 Å². The summed E-state index contributed by atoms with van der Waals surface area (Å²) in [6.45, 7) is 2.42. The van der Waals surface area contributed by atoms with Crippen LogP contribution in [0.15, 0.2) is 0 Å². The Bertz CT molecular complexity index is 392. The number of hydrogen-bond acceptors (Lipinski definition) is 3. The maximum absolute atomic E-state index is 14.3. The van der Waals surface area contributed by atoms with E-state index in [1.807, 2.05) is 4.90 Å². The highest BCUT2D eigenvalue weighted by atomic mass is 19.3. The molecule has 0 spiro atoms. The molecule has 3 fully saturated rings. The number of carbonyl (C=O) groups excluding carboxylic acids is 1. The lowest BCUT2D eigenvalue weighted by atomic mass is 9.95. The van der Waals surface area contributed by atoms with Crippen LogP contribution in [-0.4, -0.2) is 66.9 Å². The minimum Gasteiger partial charge on any atom is -0.347 e. The third-order valence-corrected chi connectivity index (χ3v) is 5.10. The lowest BCUT2D eigenvalue weighted by Crippen LogP contribution is -2.61. The van der Waals surface area contributed by atoms with E-state index in [1.54, 1.807) is 0 Å². The van der Waals surface area contributed by atoms with Gasteiger partial charge in [0.05, 0.1) is 12.6 Å². The molecule has 2 heterocycles. The van der Waals surface area contributed by atoms with Gasteiger partial charge < -0.3 is 10.2 Å². The standard InChI is InChI=1S/C15H25F2N3O/c1-19-7-4-12(5-8-19)20-9-6-13(15(16,17)10-20)18-14(21)11-2-3-11/h11-13H,2-10H2,1H3,(H,18,21). The summed E-state index contributed by atoms with van der Waals surface area (Å²) < 4.78 is 28.7. The summed E-state index contributed by atoms with van der Waals surface area (Å²) in [5, 5.41) is 2.58. The van der Waals surface area contributed by atoms with Gasteiger partial charge in [-0.15, -0.1) is 0 Å². The molecular formula is C15H25F2N3O. The fraction of sp³-hybridized carbons (Fsp3) is 0.933. The van der Waals surface area contributed by atoms with Crippen LogP contribution in [0.1, 0.15) is 32.1 Å². The summed E-state index contributed by atoms with van der Waals surface area (Å²) in [6.07, 6.45) is 3.99. The van der Waals surface area contributed by atoms with E-state index in [1.165, 1.54) is 0 Å². The molecule has 1 unspecified atom stereocenters. The van der Waals surface area contributed by atoms with Crippen LogP contribution in [0.5, 0.6) is 0 Å². The van der Waals surface area contributed by atoms with Crippen molar-refractivity contribution in [3.63, 3.8) is 0 Å². The third kappa shape index (κ3) is 3.54. The first-order valence-corrected chi connectivity index (χ1v) is 8.06. The lowest BCUT2D eigenvalue weighted by Gasteiger charge is -2.44.